The molecule has 0 unspecified atom stereocenters. The predicted octanol–water partition coefficient (Wildman–Crippen LogP) is 4.31. The minimum atomic E-state index is -0.587. The minimum absolute atomic E-state index is 0.587. The first kappa shape index (κ1) is 15.3. The molecule has 0 aromatic heterocycles. The Morgan fingerprint density at radius 3 is 2.62 bits per heavy atom. The van der Waals surface area contributed by atoms with Crippen LogP contribution in [0.2, 0.25) is 0 Å². The van der Waals surface area contributed by atoms with E-state index in [1.807, 2.05) is 36.4 Å². The molecule has 1 atom stereocenters. The molecule has 21 heavy (non-hydrogen) atoms. The molecule has 0 heterocycles. The number of methoxy groups -OCH3 is 1. The maximum Gasteiger partial charge on any atom is 0.119 e. The molecule has 0 radical (unpaired) electrons. The van der Waals surface area contributed by atoms with Gasteiger partial charge in [0.25, 0.3) is 0 Å². The second kappa shape index (κ2) is 7.65. The van der Waals surface area contributed by atoms with E-state index in [1.54, 1.807) is 7.11 Å². The molecule has 0 aliphatic heterocycles. The molecule has 0 saturated heterocycles. The van der Waals surface area contributed by atoms with Gasteiger partial charge in [0, 0.05) is 0 Å². The number of hydrogen-bond acceptors (Lipinski definition) is 2. The Labute approximate surface area is 126 Å². The monoisotopic (exact) mass is 282 g/mol. The van der Waals surface area contributed by atoms with Crippen LogP contribution in [0.5, 0.6) is 5.75 Å². The number of hydrogen-bond donors (Lipinski definition) is 1. The van der Waals surface area contributed by atoms with Crippen LogP contribution in [0, 0.1) is 0 Å². The molecule has 0 amide bonds. The maximum atomic E-state index is 10.3. The molecule has 0 bridgehead atoms. The SMILES string of the molecule is COc1cccc([C@@H](O)/C=C(\C)CCc2ccccc2)c1. The number of rotatable bonds is 6. The summed E-state index contributed by atoms with van der Waals surface area (Å²) in [4.78, 5) is 0. The summed E-state index contributed by atoms with van der Waals surface area (Å²) in [7, 11) is 1.63. The molecule has 110 valence electrons. The maximum absolute atomic E-state index is 10.3. The highest BCUT2D eigenvalue weighted by molar-refractivity contribution is 5.32. The van der Waals surface area contributed by atoms with Gasteiger partial charge in [0.1, 0.15) is 5.75 Å². The summed E-state index contributed by atoms with van der Waals surface area (Å²) in [6.45, 7) is 2.06. The third-order valence-corrected chi connectivity index (χ3v) is 3.53. The zero-order valence-electron chi connectivity index (χ0n) is 12.6. The van der Waals surface area contributed by atoms with E-state index < -0.39 is 6.10 Å². The molecule has 0 fully saturated rings. The summed E-state index contributed by atoms with van der Waals surface area (Å²) in [5.41, 5.74) is 3.36. The van der Waals surface area contributed by atoms with E-state index in [4.69, 9.17) is 4.74 Å². The van der Waals surface area contributed by atoms with Crippen LogP contribution in [0.25, 0.3) is 0 Å². The highest BCUT2D eigenvalue weighted by Gasteiger charge is 2.06. The summed E-state index contributed by atoms with van der Waals surface area (Å²) in [6, 6.07) is 17.9. The van der Waals surface area contributed by atoms with Gasteiger partial charge >= 0.3 is 0 Å². The largest absolute Gasteiger partial charge is 0.497 e. The lowest BCUT2D eigenvalue weighted by Crippen LogP contribution is -1.96. The van der Waals surface area contributed by atoms with Crippen LogP contribution in [0.1, 0.15) is 30.6 Å². The first-order valence-electron chi connectivity index (χ1n) is 7.22. The predicted molar refractivity (Wildman–Crippen MR) is 86.5 cm³/mol. The fourth-order valence-electron chi connectivity index (χ4n) is 2.26. The number of aryl methyl sites for hydroxylation is 1. The normalized spacial score (nSPS) is 13.0. The van der Waals surface area contributed by atoms with Crippen molar-refractivity contribution in [3.05, 3.63) is 77.4 Å². The average molecular weight is 282 g/mol. The van der Waals surface area contributed by atoms with Crippen molar-refractivity contribution in [2.75, 3.05) is 7.11 Å². The molecule has 2 rings (SSSR count). The first-order chi connectivity index (χ1) is 10.2. The third kappa shape index (κ3) is 4.76. The molecule has 2 nitrogen and oxygen atoms in total. The number of allylic oxidation sites excluding steroid dienone is 1. The Hall–Kier alpha value is -2.06. The molecule has 2 heteroatoms. The zero-order chi connectivity index (χ0) is 15.1. The van der Waals surface area contributed by atoms with Gasteiger partial charge in [-0.1, -0.05) is 54.1 Å². The summed E-state index contributed by atoms with van der Waals surface area (Å²) in [6.07, 6.45) is 3.27. The Balaban J connectivity index is 1.97. The fourth-order valence-corrected chi connectivity index (χ4v) is 2.26. The summed E-state index contributed by atoms with van der Waals surface area (Å²) in [5.74, 6) is 0.766. The second-order valence-corrected chi connectivity index (χ2v) is 5.22. The first-order valence-corrected chi connectivity index (χ1v) is 7.22. The molecule has 0 saturated carbocycles. The number of benzene rings is 2. The topological polar surface area (TPSA) is 29.5 Å². The van der Waals surface area contributed by atoms with Crippen LogP contribution in [-0.4, -0.2) is 12.2 Å². The van der Waals surface area contributed by atoms with Crippen LogP contribution in [-0.2, 0) is 6.42 Å². The molecule has 1 N–H and O–H groups in total. The van der Waals surface area contributed by atoms with Gasteiger partial charge in [0.2, 0.25) is 0 Å². The lowest BCUT2D eigenvalue weighted by Gasteiger charge is -2.10. The number of aliphatic hydroxyl groups excluding tert-OH is 1. The van der Waals surface area contributed by atoms with Gasteiger partial charge in [-0.15, -0.1) is 0 Å². The van der Waals surface area contributed by atoms with Gasteiger partial charge in [0.05, 0.1) is 13.2 Å². The van der Waals surface area contributed by atoms with Gasteiger partial charge in [-0.25, -0.2) is 0 Å². The van der Waals surface area contributed by atoms with Gasteiger partial charge in [-0.05, 0) is 43.0 Å². The van der Waals surface area contributed by atoms with E-state index in [-0.39, 0.29) is 0 Å². The van der Waals surface area contributed by atoms with E-state index in [2.05, 4.69) is 31.2 Å². The van der Waals surface area contributed by atoms with Crippen molar-refractivity contribution in [2.24, 2.45) is 0 Å². The highest BCUT2D eigenvalue weighted by atomic mass is 16.5. The Morgan fingerprint density at radius 1 is 1.14 bits per heavy atom. The van der Waals surface area contributed by atoms with Crippen molar-refractivity contribution in [1.29, 1.82) is 0 Å². The van der Waals surface area contributed by atoms with Gasteiger partial charge < -0.3 is 9.84 Å². The number of ether oxygens (including phenoxy) is 1. The van der Waals surface area contributed by atoms with E-state index in [9.17, 15) is 5.11 Å². The van der Waals surface area contributed by atoms with Gasteiger partial charge in [0.15, 0.2) is 0 Å². The van der Waals surface area contributed by atoms with Gasteiger partial charge in [-0.2, -0.15) is 0 Å². The van der Waals surface area contributed by atoms with Crippen LogP contribution >= 0.6 is 0 Å². The van der Waals surface area contributed by atoms with Crippen molar-refractivity contribution >= 4 is 0 Å². The van der Waals surface area contributed by atoms with Crippen molar-refractivity contribution in [2.45, 2.75) is 25.9 Å². The van der Waals surface area contributed by atoms with E-state index in [0.29, 0.717) is 0 Å². The summed E-state index contributed by atoms with van der Waals surface area (Å²) in [5, 5.41) is 10.3. The second-order valence-electron chi connectivity index (χ2n) is 5.22. The summed E-state index contributed by atoms with van der Waals surface area (Å²) < 4.78 is 5.18. The van der Waals surface area contributed by atoms with E-state index >= 15 is 0 Å². The van der Waals surface area contributed by atoms with Crippen molar-refractivity contribution < 1.29 is 9.84 Å². The molecule has 0 aliphatic rings. The van der Waals surface area contributed by atoms with E-state index in [1.165, 1.54) is 11.1 Å². The quantitative estimate of drug-likeness (QED) is 0.800. The molecular weight excluding hydrogens is 260 g/mol. The Morgan fingerprint density at radius 2 is 1.90 bits per heavy atom. The molecule has 2 aromatic rings. The van der Waals surface area contributed by atoms with Crippen molar-refractivity contribution in [3.8, 4) is 5.75 Å². The summed E-state index contributed by atoms with van der Waals surface area (Å²) >= 11 is 0. The molecule has 0 aliphatic carbocycles. The van der Waals surface area contributed by atoms with Crippen LogP contribution in [0.4, 0.5) is 0 Å². The average Bonchev–Trinajstić information content (AvgIpc) is 2.54. The van der Waals surface area contributed by atoms with Crippen LogP contribution in [0.15, 0.2) is 66.2 Å². The smallest absolute Gasteiger partial charge is 0.119 e. The molecule has 0 spiro atoms. The van der Waals surface area contributed by atoms with Crippen molar-refractivity contribution in [3.63, 3.8) is 0 Å². The van der Waals surface area contributed by atoms with Gasteiger partial charge in [-0.3, -0.25) is 0 Å². The number of aliphatic hydroxyl groups is 1. The fraction of sp³-hybridized carbons (Fsp3) is 0.263. The molecular formula is C19H22O2. The Kier molecular flexibility index (Phi) is 5.59. The third-order valence-electron chi connectivity index (χ3n) is 3.53. The Bertz CT molecular complexity index is 588. The van der Waals surface area contributed by atoms with Crippen LogP contribution in [0.3, 0.4) is 0 Å². The standard InChI is InChI=1S/C19H22O2/c1-15(11-12-16-7-4-3-5-8-16)13-19(20)17-9-6-10-18(14-17)21-2/h3-10,13-14,19-20H,11-12H2,1-2H3/b15-13+/t19-/m0/s1. The van der Waals surface area contributed by atoms with Crippen molar-refractivity contribution in [1.82, 2.24) is 0 Å². The lowest BCUT2D eigenvalue weighted by atomic mass is 10.0. The minimum Gasteiger partial charge on any atom is -0.497 e. The molecule has 2 aromatic carbocycles. The highest BCUT2D eigenvalue weighted by Crippen LogP contribution is 2.22. The zero-order valence-corrected chi connectivity index (χ0v) is 12.6. The van der Waals surface area contributed by atoms with Crippen LogP contribution < -0.4 is 4.74 Å². The van der Waals surface area contributed by atoms with E-state index in [0.717, 1.165) is 24.2 Å². The lowest BCUT2D eigenvalue weighted by molar-refractivity contribution is 0.227.